The van der Waals surface area contributed by atoms with Crippen molar-refractivity contribution < 1.29 is 9.47 Å². The summed E-state index contributed by atoms with van der Waals surface area (Å²) in [5.41, 5.74) is 7.25. The molecule has 0 radical (unpaired) electrons. The van der Waals surface area contributed by atoms with Gasteiger partial charge in [0.1, 0.15) is 0 Å². The monoisotopic (exact) mass is 324 g/mol. The second kappa shape index (κ2) is 7.33. The van der Waals surface area contributed by atoms with E-state index < -0.39 is 0 Å². The van der Waals surface area contributed by atoms with Crippen molar-refractivity contribution >= 4 is 40.2 Å². The number of thiazole rings is 1. The summed E-state index contributed by atoms with van der Waals surface area (Å²) in [6.45, 7) is 4.97. The van der Waals surface area contributed by atoms with Gasteiger partial charge in [-0.3, -0.25) is 0 Å². The number of ether oxygens (including phenoxy) is 2. The van der Waals surface area contributed by atoms with Gasteiger partial charge in [-0.05, 0) is 31.6 Å². The molecule has 2 N–H and O–H groups in total. The van der Waals surface area contributed by atoms with E-state index in [0.29, 0.717) is 34.9 Å². The van der Waals surface area contributed by atoms with Gasteiger partial charge in [0.05, 0.1) is 23.9 Å². The maximum Gasteiger partial charge on any atom is 0.180 e. The van der Waals surface area contributed by atoms with E-state index in [1.165, 1.54) is 11.3 Å². The number of nitrogen functional groups attached to an aromatic ring is 1. The van der Waals surface area contributed by atoms with Crippen LogP contribution in [0.5, 0.6) is 11.5 Å². The molecule has 0 unspecified atom stereocenters. The smallest absolute Gasteiger partial charge is 0.180 e. The van der Waals surface area contributed by atoms with Gasteiger partial charge in [-0.25, -0.2) is 4.98 Å². The fraction of sp³-hybridized carbons (Fsp3) is 0.267. The largest absolute Gasteiger partial charge is 0.490 e. The first-order valence-electron chi connectivity index (χ1n) is 6.62. The fourth-order valence-electron chi connectivity index (χ4n) is 1.77. The number of hydrogen-bond donors (Lipinski definition) is 1. The van der Waals surface area contributed by atoms with Gasteiger partial charge in [0, 0.05) is 11.4 Å². The number of rotatable bonds is 6. The second-order valence-corrected chi connectivity index (χ2v) is 5.43. The molecule has 0 fully saturated rings. The summed E-state index contributed by atoms with van der Waals surface area (Å²) in [7, 11) is 0. The van der Waals surface area contributed by atoms with Gasteiger partial charge in [-0.2, -0.15) is 0 Å². The summed E-state index contributed by atoms with van der Waals surface area (Å²) in [6, 6.07) is 3.63. The molecule has 0 amide bonds. The van der Waals surface area contributed by atoms with Crippen molar-refractivity contribution in [3.8, 4) is 11.5 Å². The zero-order valence-corrected chi connectivity index (χ0v) is 13.5. The molecule has 4 nitrogen and oxygen atoms in total. The molecule has 1 aromatic heterocycles. The lowest BCUT2D eigenvalue weighted by molar-refractivity contribution is 0.288. The highest BCUT2D eigenvalue weighted by Gasteiger charge is 2.09. The van der Waals surface area contributed by atoms with Crippen LogP contribution in [0.3, 0.4) is 0 Å². The van der Waals surface area contributed by atoms with Crippen molar-refractivity contribution in [3.05, 3.63) is 33.8 Å². The highest BCUT2D eigenvalue weighted by atomic mass is 35.5. The highest BCUT2D eigenvalue weighted by molar-refractivity contribution is 7.13. The summed E-state index contributed by atoms with van der Waals surface area (Å²) < 4.78 is 11.1. The molecule has 0 spiro atoms. The summed E-state index contributed by atoms with van der Waals surface area (Å²) in [5.74, 6) is 1.33. The third-order valence-corrected chi connectivity index (χ3v) is 3.66. The Morgan fingerprint density at radius 3 is 2.43 bits per heavy atom. The number of halogens is 1. The Labute approximate surface area is 133 Å². The zero-order chi connectivity index (χ0) is 15.2. The number of anilines is 1. The predicted octanol–water partition coefficient (Wildman–Crippen LogP) is 4.35. The highest BCUT2D eigenvalue weighted by Crippen LogP contribution is 2.34. The normalized spacial score (nSPS) is 11.0. The molecule has 0 aliphatic rings. The third-order valence-electron chi connectivity index (χ3n) is 2.64. The molecule has 0 atom stereocenters. The van der Waals surface area contributed by atoms with Crippen LogP contribution in [0.4, 0.5) is 5.13 Å². The van der Waals surface area contributed by atoms with Crippen molar-refractivity contribution in [2.75, 3.05) is 18.9 Å². The van der Waals surface area contributed by atoms with Crippen LogP contribution < -0.4 is 15.2 Å². The van der Waals surface area contributed by atoms with Gasteiger partial charge in [0.25, 0.3) is 0 Å². The molecule has 6 heteroatoms. The van der Waals surface area contributed by atoms with Gasteiger partial charge in [0.15, 0.2) is 16.6 Å². The molecule has 0 saturated heterocycles. The Kier molecular flexibility index (Phi) is 5.47. The van der Waals surface area contributed by atoms with Crippen molar-refractivity contribution in [3.63, 3.8) is 0 Å². The number of benzene rings is 1. The summed E-state index contributed by atoms with van der Waals surface area (Å²) >= 11 is 7.68. The molecule has 21 heavy (non-hydrogen) atoms. The molecule has 0 bridgehead atoms. The molecule has 2 aromatic rings. The maximum atomic E-state index is 6.28. The molecule has 0 saturated carbocycles. The van der Waals surface area contributed by atoms with Gasteiger partial charge in [-0.1, -0.05) is 17.7 Å². The number of nitrogens with zero attached hydrogens (tertiary/aromatic N) is 1. The number of aromatic nitrogens is 1. The lowest BCUT2D eigenvalue weighted by atomic mass is 10.1. The Hall–Kier alpha value is -1.72. The average Bonchev–Trinajstić information content (AvgIpc) is 2.86. The topological polar surface area (TPSA) is 57.4 Å². The second-order valence-electron chi connectivity index (χ2n) is 4.13. The molecule has 1 heterocycles. The minimum absolute atomic E-state index is 0.544. The summed E-state index contributed by atoms with van der Waals surface area (Å²) in [5, 5.41) is 3.03. The molecule has 0 aliphatic carbocycles. The number of nitrogens with two attached hydrogens (primary N) is 1. The van der Waals surface area contributed by atoms with Crippen LogP contribution in [-0.2, 0) is 0 Å². The van der Waals surface area contributed by atoms with Crippen LogP contribution in [0.2, 0.25) is 5.02 Å². The fourth-order valence-corrected chi connectivity index (χ4v) is 2.52. The van der Waals surface area contributed by atoms with Gasteiger partial charge < -0.3 is 15.2 Å². The standard InChI is InChI=1S/C15H17ClN2O2S/c1-3-19-13-7-10(12(16)8-14(13)20-4-2)5-6-11-9-21-15(17)18-11/h5-9H,3-4H2,1-2H3,(H2,17,18). The van der Waals surface area contributed by atoms with Gasteiger partial charge >= 0.3 is 0 Å². The van der Waals surface area contributed by atoms with E-state index in [1.54, 1.807) is 6.07 Å². The van der Waals surface area contributed by atoms with E-state index in [1.807, 2.05) is 37.4 Å². The first-order valence-corrected chi connectivity index (χ1v) is 7.88. The van der Waals surface area contributed by atoms with E-state index >= 15 is 0 Å². The van der Waals surface area contributed by atoms with Crippen molar-refractivity contribution in [2.45, 2.75) is 13.8 Å². The van der Waals surface area contributed by atoms with Gasteiger partial charge in [0.2, 0.25) is 0 Å². The zero-order valence-electron chi connectivity index (χ0n) is 11.9. The predicted molar refractivity (Wildman–Crippen MR) is 89.2 cm³/mol. The number of hydrogen-bond acceptors (Lipinski definition) is 5. The van der Waals surface area contributed by atoms with E-state index in [0.717, 1.165) is 11.3 Å². The molecule has 1 aromatic carbocycles. The van der Waals surface area contributed by atoms with Gasteiger partial charge in [-0.15, -0.1) is 11.3 Å². The van der Waals surface area contributed by atoms with Crippen molar-refractivity contribution in [2.24, 2.45) is 0 Å². The maximum absolute atomic E-state index is 6.28. The first-order chi connectivity index (χ1) is 10.1. The van der Waals surface area contributed by atoms with Crippen LogP contribution in [0.25, 0.3) is 12.2 Å². The molecule has 0 aliphatic heterocycles. The molecule has 2 rings (SSSR count). The Balaban J connectivity index is 2.30. The van der Waals surface area contributed by atoms with Crippen molar-refractivity contribution in [1.29, 1.82) is 0 Å². The quantitative estimate of drug-likeness (QED) is 0.858. The SMILES string of the molecule is CCOc1cc(Cl)c(C=Cc2csc(N)n2)cc1OCC. The average molecular weight is 325 g/mol. The molecular weight excluding hydrogens is 308 g/mol. The summed E-state index contributed by atoms with van der Waals surface area (Å²) in [6.07, 6.45) is 3.75. The van der Waals surface area contributed by atoms with E-state index in [-0.39, 0.29) is 0 Å². The van der Waals surface area contributed by atoms with E-state index in [2.05, 4.69) is 4.98 Å². The van der Waals surface area contributed by atoms with E-state index in [4.69, 9.17) is 26.8 Å². The Bertz CT molecular complexity index is 641. The first kappa shape index (κ1) is 15.7. The lowest BCUT2D eigenvalue weighted by Gasteiger charge is -2.12. The van der Waals surface area contributed by atoms with Crippen LogP contribution in [0.1, 0.15) is 25.1 Å². The van der Waals surface area contributed by atoms with Crippen LogP contribution in [0, 0.1) is 0 Å². The van der Waals surface area contributed by atoms with E-state index in [9.17, 15) is 0 Å². The minimum Gasteiger partial charge on any atom is -0.490 e. The lowest BCUT2D eigenvalue weighted by Crippen LogP contribution is -1.99. The summed E-state index contributed by atoms with van der Waals surface area (Å²) in [4.78, 5) is 4.17. The van der Waals surface area contributed by atoms with Crippen LogP contribution in [0.15, 0.2) is 17.5 Å². The Morgan fingerprint density at radius 2 is 1.86 bits per heavy atom. The third kappa shape index (κ3) is 4.12. The Morgan fingerprint density at radius 1 is 1.19 bits per heavy atom. The van der Waals surface area contributed by atoms with Crippen LogP contribution in [-0.4, -0.2) is 18.2 Å². The van der Waals surface area contributed by atoms with Crippen molar-refractivity contribution in [1.82, 2.24) is 4.98 Å². The van der Waals surface area contributed by atoms with Crippen LogP contribution >= 0.6 is 22.9 Å². The molecule has 112 valence electrons. The molecular formula is C15H17ClN2O2S. The minimum atomic E-state index is 0.544.